The van der Waals surface area contributed by atoms with E-state index in [1.165, 1.54) is 38.5 Å². The molecule has 2 unspecified atom stereocenters. The van der Waals surface area contributed by atoms with Crippen molar-refractivity contribution in [2.24, 2.45) is 22.2 Å². The molecule has 0 aliphatic heterocycles. The molecule has 0 heterocycles. The van der Waals surface area contributed by atoms with Gasteiger partial charge in [0, 0.05) is 18.7 Å². The van der Waals surface area contributed by atoms with Crippen LogP contribution in [0.5, 0.6) is 5.75 Å². The van der Waals surface area contributed by atoms with E-state index in [4.69, 9.17) is 0 Å². The van der Waals surface area contributed by atoms with Crippen molar-refractivity contribution >= 4 is 0 Å². The summed E-state index contributed by atoms with van der Waals surface area (Å²) >= 11 is 0. The van der Waals surface area contributed by atoms with Gasteiger partial charge in [-0.05, 0) is 66.8 Å². The van der Waals surface area contributed by atoms with E-state index in [0.29, 0.717) is 22.0 Å². The second kappa shape index (κ2) is 4.74. The van der Waals surface area contributed by atoms with Crippen molar-refractivity contribution in [3.05, 3.63) is 29.8 Å². The second-order valence-corrected chi connectivity index (χ2v) is 9.36. The monoisotopic (exact) mass is 299 g/mol. The van der Waals surface area contributed by atoms with Gasteiger partial charge in [0.1, 0.15) is 5.75 Å². The van der Waals surface area contributed by atoms with Gasteiger partial charge in [0.05, 0.1) is 0 Å². The number of para-hydroxylation sites is 1. The van der Waals surface area contributed by atoms with Gasteiger partial charge in [0.15, 0.2) is 0 Å². The lowest BCUT2D eigenvalue weighted by atomic mass is 9.40. The molecule has 2 atom stereocenters. The maximum atomic E-state index is 9.91. The van der Waals surface area contributed by atoms with Gasteiger partial charge >= 0.3 is 0 Å². The van der Waals surface area contributed by atoms with Gasteiger partial charge in [0.25, 0.3) is 0 Å². The molecule has 0 saturated heterocycles. The Hall–Kier alpha value is -1.02. The van der Waals surface area contributed by atoms with Crippen LogP contribution in [0.25, 0.3) is 0 Å². The van der Waals surface area contributed by atoms with Gasteiger partial charge < -0.3 is 10.4 Å². The zero-order chi connectivity index (χ0) is 15.4. The Balaban J connectivity index is 1.46. The number of phenolic OH excluding ortho intramolecular Hbond substituents is 1. The third-order valence-corrected chi connectivity index (χ3v) is 6.55. The molecule has 22 heavy (non-hydrogen) atoms. The van der Waals surface area contributed by atoms with Crippen LogP contribution in [0.15, 0.2) is 24.3 Å². The standard InChI is InChI=1S/C20H29NO/c1-18-7-15-8-19(2,11-18)13-20(9-15,12-18)14-21-10-16-5-3-4-6-17(16)22/h3-6,15,21-22H,7-14H2,1-2H3. The Kier molecular flexibility index (Phi) is 3.14. The first-order valence-corrected chi connectivity index (χ1v) is 8.87. The summed E-state index contributed by atoms with van der Waals surface area (Å²) in [4.78, 5) is 0. The van der Waals surface area contributed by atoms with Crippen LogP contribution in [-0.4, -0.2) is 11.7 Å². The quantitative estimate of drug-likeness (QED) is 0.859. The highest BCUT2D eigenvalue weighted by atomic mass is 16.3. The van der Waals surface area contributed by atoms with Crippen LogP contribution in [0.4, 0.5) is 0 Å². The topological polar surface area (TPSA) is 32.3 Å². The summed E-state index contributed by atoms with van der Waals surface area (Å²) < 4.78 is 0. The van der Waals surface area contributed by atoms with Crippen molar-refractivity contribution in [3.63, 3.8) is 0 Å². The molecule has 2 heteroatoms. The molecule has 1 aromatic carbocycles. The first-order valence-electron chi connectivity index (χ1n) is 8.87. The lowest BCUT2D eigenvalue weighted by molar-refractivity contribution is -0.143. The van der Waals surface area contributed by atoms with Gasteiger partial charge in [-0.3, -0.25) is 0 Å². The first-order chi connectivity index (χ1) is 10.4. The van der Waals surface area contributed by atoms with Crippen LogP contribution >= 0.6 is 0 Å². The van der Waals surface area contributed by atoms with E-state index in [-0.39, 0.29) is 0 Å². The molecule has 4 saturated carbocycles. The number of aromatic hydroxyl groups is 1. The average molecular weight is 299 g/mol. The molecule has 0 aromatic heterocycles. The molecule has 120 valence electrons. The Morgan fingerprint density at radius 3 is 2.36 bits per heavy atom. The Labute approximate surface area is 134 Å². The molecule has 0 radical (unpaired) electrons. The highest BCUT2D eigenvalue weighted by Gasteiger charge is 2.59. The van der Waals surface area contributed by atoms with Crippen LogP contribution in [0, 0.1) is 22.2 Å². The second-order valence-electron chi connectivity index (χ2n) is 9.36. The fraction of sp³-hybridized carbons (Fsp3) is 0.700. The molecule has 1 aromatic rings. The lowest BCUT2D eigenvalue weighted by Crippen LogP contribution is -2.57. The van der Waals surface area contributed by atoms with Gasteiger partial charge in [0.2, 0.25) is 0 Å². The van der Waals surface area contributed by atoms with Crippen molar-refractivity contribution in [1.29, 1.82) is 0 Å². The minimum atomic E-state index is 0.416. The van der Waals surface area contributed by atoms with E-state index >= 15 is 0 Å². The van der Waals surface area contributed by atoms with E-state index in [2.05, 4.69) is 19.2 Å². The van der Waals surface area contributed by atoms with Gasteiger partial charge in [-0.1, -0.05) is 32.0 Å². The number of phenols is 1. The molecule has 2 nitrogen and oxygen atoms in total. The maximum Gasteiger partial charge on any atom is 0.120 e. The molecule has 0 spiro atoms. The highest BCUT2D eigenvalue weighted by Crippen LogP contribution is 2.69. The fourth-order valence-electron chi connectivity index (χ4n) is 7.00. The summed E-state index contributed by atoms with van der Waals surface area (Å²) in [5, 5.41) is 13.6. The largest absolute Gasteiger partial charge is 0.508 e. The fourth-order valence-corrected chi connectivity index (χ4v) is 7.00. The van der Waals surface area contributed by atoms with Crippen LogP contribution < -0.4 is 5.32 Å². The van der Waals surface area contributed by atoms with E-state index in [1.807, 2.05) is 18.2 Å². The number of nitrogens with one attached hydrogen (secondary N) is 1. The molecule has 4 aliphatic carbocycles. The summed E-state index contributed by atoms with van der Waals surface area (Å²) in [5.41, 5.74) is 2.70. The summed E-state index contributed by atoms with van der Waals surface area (Å²) in [6, 6.07) is 7.69. The molecule has 2 N–H and O–H groups in total. The SMILES string of the molecule is CC12CC3CC(C)(C1)CC(CNCc1ccccc1O)(C3)C2. The zero-order valence-electron chi connectivity index (χ0n) is 14.0. The summed E-state index contributed by atoms with van der Waals surface area (Å²) in [7, 11) is 0. The molecule has 5 rings (SSSR count). The third-order valence-electron chi connectivity index (χ3n) is 6.55. The normalized spacial score (nSPS) is 42.7. The van der Waals surface area contributed by atoms with Crippen molar-refractivity contribution in [3.8, 4) is 5.75 Å². The predicted octanol–water partition coefficient (Wildman–Crippen LogP) is 4.48. The summed E-state index contributed by atoms with van der Waals surface area (Å²) in [5.74, 6) is 1.37. The number of hydrogen-bond donors (Lipinski definition) is 2. The molecular weight excluding hydrogens is 270 g/mol. The molecular formula is C20H29NO. The van der Waals surface area contributed by atoms with E-state index in [9.17, 15) is 5.11 Å². The zero-order valence-corrected chi connectivity index (χ0v) is 14.0. The number of rotatable bonds is 4. The van der Waals surface area contributed by atoms with E-state index in [1.54, 1.807) is 6.07 Å². The Bertz CT molecular complexity index is 563. The molecule has 4 aliphatic rings. The number of hydrogen-bond acceptors (Lipinski definition) is 2. The summed E-state index contributed by atoms with van der Waals surface area (Å²) in [6.07, 6.45) is 8.59. The van der Waals surface area contributed by atoms with Gasteiger partial charge in [-0.2, -0.15) is 0 Å². The van der Waals surface area contributed by atoms with Gasteiger partial charge in [-0.25, -0.2) is 0 Å². The van der Waals surface area contributed by atoms with E-state index in [0.717, 1.165) is 24.6 Å². The lowest BCUT2D eigenvalue weighted by Gasteiger charge is -2.65. The van der Waals surface area contributed by atoms with Crippen molar-refractivity contribution in [1.82, 2.24) is 5.32 Å². The molecule has 4 bridgehead atoms. The van der Waals surface area contributed by atoms with Crippen molar-refractivity contribution in [2.75, 3.05) is 6.54 Å². The van der Waals surface area contributed by atoms with Crippen molar-refractivity contribution in [2.45, 2.75) is 58.9 Å². The predicted molar refractivity (Wildman–Crippen MR) is 89.7 cm³/mol. The molecule has 0 amide bonds. The minimum absolute atomic E-state index is 0.416. The van der Waals surface area contributed by atoms with Gasteiger partial charge in [-0.15, -0.1) is 0 Å². The Morgan fingerprint density at radius 1 is 1.05 bits per heavy atom. The maximum absolute atomic E-state index is 9.91. The van der Waals surface area contributed by atoms with Crippen molar-refractivity contribution < 1.29 is 5.11 Å². The Morgan fingerprint density at radius 2 is 1.73 bits per heavy atom. The van der Waals surface area contributed by atoms with Crippen LogP contribution in [0.1, 0.15) is 57.9 Å². The first kappa shape index (κ1) is 14.6. The third kappa shape index (κ3) is 2.46. The minimum Gasteiger partial charge on any atom is -0.508 e. The number of benzene rings is 1. The molecule has 4 fully saturated rings. The average Bonchev–Trinajstić information content (AvgIpc) is 2.36. The smallest absolute Gasteiger partial charge is 0.120 e. The van der Waals surface area contributed by atoms with Crippen LogP contribution in [0.3, 0.4) is 0 Å². The van der Waals surface area contributed by atoms with Crippen LogP contribution in [0.2, 0.25) is 0 Å². The van der Waals surface area contributed by atoms with E-state index < -0.39 is 0 Å². The van der Waals surface area contributed by atoms with Crippen LogP contribution in [-0.2, 0) is 6.54 Å². The summed E-state index contributed by atoms with van der Waals surface area (Å²) in [6.45, 7) is 6.97. The highest BCUT2D eigenvalue weighted by molar-refractivity contribution is 5.31.